The number of halogens is 1. The molecule has 1 aliphatic heterocycles. The Kier molecular flexibility index (Phi) is 4.82. The number of hydrogen-bond donors (Lipinski definition) is 1. The van der Waals surface area contributed by atoms with Crippen molar-refractivity contribution in [2.45, 2.75) is 32.2 Å². The molecule has 2 aromatic rings. The third kappa shape index (κ3) is 4.02. The number of hydrogen-bond acceptors (Lipinski definition) is 3. The van der Waals surface area contributed by atoms with E-state index in [0.29, 0.717) is 17.1 Å². The van der Waals surface area contributed by atoms with Gasteiger partial charge in [-0.3, -0.25) is 9.59 Å². The molecule has 0 atom stereocenters. The molecular formula is C20H21ClN2O2. The highest BCUT2D eigenvalue weighted by atomic mass is 35.5. The average molecular weight is 357 g/mol. The molecule has 1 aliphatic rings. The second-order valence-electron chi connectivity index (χ2n) is 6.94. The molecule has 3 rings (SSSR count). The summed E-state index contributed by atoms with van der Waals surface area (Å²) in [5, 5.41) is 4.03. The van der Waals surface area contributed by atoms with Crippen LogP contribution in [0.1, 0.15) is 37.0 Å². The number of Topliss-reactive ketones (excluding diaryl/α,β-unsaturated/α-hetero) is 1. The maximum absolute atomic E-state index is 12.8. The number of para-hydroxylation sites is 2. The summed E-state index contributed by atoms with van der Waals surface area (Å²) < 4.78 is 0. The monoisotopic (exact) mass is 356 g/mol. The SMILES string of the molecule is CC1(C)CN(C(=O)CCC(=O)c2ccc(Cl)cc2)c2ccccc2N1. The smallest absolute Gasteiger partial charge is 0.227 e. The van der Waals surface area contributed by atoms with Gasteiger partial charge in [0.2, 0.25) is 5.91 Å². The van der Waals surface area contributed by atoms with Crippen LogP contribution in [0.4, 0.5) is 11.4 Å². The summed E-state index contributed by atoms with van der Waals surface area (Å²) in [6, 6.07) is 14.5. The van der Waals surface area contributed by atoms with Crippen LogP contribution in [-0.2, 0) is 4.79 Å². The number of amides is 1. The van der Waals surface area contributed by atoms with E-state index in [4.69, 9.17) is 11.6 Å². The van der Waals surface area contributed by atoms with E-state index in [-0.39, 0.29) is 30.1 Å². The van der Waals surface area contributed by atoms with E-state index < -0.39 is 0 Å². The zero-order chi connectivity index (χ0) is 18.0. The third-order valence-electron chi connectivity index (χ3n) is 4.25. The van der Waals surface area contributed by atoms with Crippen LogP contribution in [0.15, 0.2) is 48.5 Å². The van der Waals surface area contributed by atoms with Crippen LogP contribution in [0.2, 0.25) is 5.02 Å². The summed E-state index contributed by atoms with van der Waals surface area (Å²) in [7, 11) is 0. The van der Waals surface area contributed by atoms with Crippen molar-refractivity contribution in [3.8, 4) is 0 Å². The zero-order valence-corrected chi connectivity index (χ0v) is 15.1. The first-order valence-electron chi connectivity index (χ1n) is 8.32. The number of carbonyl (C=O) groups is 2. The van der Waals surface area contributed by atoms with Crippen molar-refractivity contribution in [3.05, 3.63) is 59.1 Å². The highest BCUT2D eigenvalue weighted by molar-refractivity contribution is 6.30. The Morgan fingerprint density at radius 2 is 1.76 bits per heavy atom. The lowest BCUT2D eigenvalue weighted by Gasteiger charge is -2.41. The molecule has 0 fully saturated rings. The minimum absolute atomic E-state index is 0.0376. The lowest BCUT2D eigenvalue weighted by molar-refractivity contribution is -0.118. The van der Waals surface area contributed by atoms with E-state index in [1.807, 2.05) is 24.3 Å². The van der Waals surface area contributed by atoms with Crippen LogP contribution in [0.5, 0.6) is 0 Å². The van der Waals surface area contributed by atoms with Crippen molar-refractivity contribution >= 4 is 34.7 Å². The Bertz CT molecular complexity index is 800. The topological polar surface area (TPSA) is 49.4 Å². The first kappa shape index (κ1) is 17.5. The van der Waals surface area contributed by atoms with Crippen molar-refractivity contribution in [3.63, 3.8) is 0 Å². The Morgan fingerprint density at radius 3 is 2.48 bits per heavy atom. The quantitative estimate of drug-likeness (QED) is 0.818. The predicted octanol–water partition coefficient (Wildman–Crippen LogP) is 4.54. The van der Waals surface area contributed by atoms with E-state index >= 15 is 0 Å². The molecule has 0 aromatic heterocycles. The van der Waals surface area contributed by atoms with Gasteiger partial charge in [0, 0.05) is 35.5 Å². The number of carbonyl (C=O) groups excluding carboxylic acids is 2. The first-order chi connectivity index (χ1) is 11.9. The lowest BCUT2D eigenvalue weighted by atomic mass is 9.98. The summed E-state index contributed by atoms with van der Waals surface area (Å²) in [5.41, 5.74) is 2.17. The minimum Gasteiger partial charge on any atom is -0.377 e. The molecule has 0 bridgehead atoms. The molecule has 1 N–H and O–H groups in total. The molecular weight excluding hydrogens is 336 g/mol. The van der Waals surface area contributed by atoms with Gasteiger partial charge in [-0.1, -0.05) is 23.7 Å². The summed E-state index contributed by atoms with van der Waals surface area (Å²) in [5.74, 6) is -0.0861. The molecule has 1 amide bonds. The molecule has 1 heterocycles. The van der Waals surface area contributed by atoms with Gasteiger partial charge in [-0.2, -0.15) is 0 Å². The van der Waals surface area contributed by atoms with E-state index in [9.17, 15) is 9.59 Å². The van der Waals surface area contributed by atoms with Gasteiger partial charge in [-0.15, -0.1) is 0 Å². The minimum atomic E-state index is -0.218. The normalized spacial score (nSPS) is 15.2. The van der Waals surface area contributed by atoms with E-state index in [0.717, 1.165) is 11.4 Å². The van der Waals surface area contributed by atoms with Gasteiger partial charge in [0.05, 0.1) is 11.4 Å². The third-order valence-corrected chi connectivity index (χ3v) is 4.51. The molecule has 4 nitrogen and oxygen atoms in total. The highest BCUT2D eigenvalue weighted by Crippen LogP contribution is 2.34. The number of nitrogens with zero attached hydrogens (tertiary/aromatic N) is 1. The molecule has 5 heteroatoms. The average Bonchev–Trinajstić information content (AvgIpc) is 2.58. The van der Waals surface area contributed by atoms with E-state index in [1.54, 1.807) is 29.2 Å². The fraction of sp³-hybridized carbons (Fsp3) is 0.300. The molecule has 0 spiro atoms. The van der Waals surface area contributed by atoms with Crippen molar-refractivity contribution < 1.29 is 9.59 Å². The molecule has 0 aliphatic carbocycles. The highest BCUT2D eigenvalue weighted by Gasteiger charge is 2.32. The van der Waals surface area contributed by atoms with E-state index in [2.05, 4.69) is 19.2 Å². The van der Waals surface area contributed by atoms with Gasteiger partial charge in [-0.25, -0.2) is 0 Å². The number of fused-ring (bicyclic) bond motifs is 1. The molecule has 130 valence electrons. The van der Waals surface area contributed by atoms with Crippen molar-refractivity contribution in [1.82, 2.24) is 0 Å². The number of ketones is 1. The van der Waals surface area contributed by atoms with Crippen LogP contribution in [0.25, 0.3) is 0 Å². The maximum Gasteiger partial charge on any atom is 0.227 e. The molecule has 0 radical (unpaired) electrons. The molecule has 0 saturated carbocycles. The zero-order valence-electron chi connectivity index (χ0n) is 14.4. The van der Waals surface area contributed by atoms with Gasteiger partial charge in [0.25, 0.3) is 0 Å². The van der Waals surface area contributed by atoms with Gasteiger partial charge in [-0.05, 0) is 50.2 Å². The summed E-state index contributed by atoms with van der Waals surface area (Å²) in [6.45, 7) is 4.68. The maximum atomic E-state index is 12.8. The van der Waals surface area contributed by atoms with Crippen LogP contribution in [-0.4, -0.2) is 23.8 Å². The molecule has 0 saturated heterocycles. The summed E-state index contributed by atoms with van der Waals surface area (Å²) in [4.78, 5) is 26.8. The molecule has 0 unspecified atom stereocenters. The first-order valence-corrected chi connectivity index (χ1v) is 8.70. The molecule has 25 heavy (non-hydrogen) atoms. The standard InChI is InChI=1S/C20H21ClN2O2/c1-20(2)13-23(17-6-4-3-5-16(17)22-20)19(25)12-11-18(24)14-7-9-15(21)10-8-14/h3-10,22H,11-13H2,1-2H3. The Labute approximate surface area is 152 Å². The summed E-state index contributed by atoms with van der Waals surface area (Å²) in [6.07, 6.45) is 0.374. The number of anilines is 2. The van der Waals surface area contributed by atoms with E-state index in [1.165, 1.54) is 0 Å². The lowest BCUT2D eigenvalue weighted by Crippen LogP contribution is -2.50. The fourth-order valence-corrected chi connectivity index (χ4v) is 3.18. The number of nitrogens with one attached hydrogen (secondary N) is 1. The Balaban J connectivity index is 1.71. The van der Waals surface area contributed by atoms with Crippen LogP contribution < -0.4 is 10.2 Å². The van der Waals surface area contributed by atoms with Gasteiger partial charge in [0.1, 0.15) is 0 Å². The van der Waals surface area contributed by atoms with Gasteiger partial charge in [0.15, 0.2) is 5.78 Å². The van der Waals surface area contributed by atoms with Crippen molar-refractivity contribution in [2.75, 3.05) is 16.8 Å². The van der Waals surface area contributed by atoms with Crippen LogP contribution in [0.3, 0.4) is 0 Å². The summed E-state index contributed by atoms with van der Waals surface area (Å²) >= 11 is 5.84. The second-order valence-corrected chi connectivity index (χ2v) is 7.37. The second kappa shape index (κ2) is 6.89. The number of rotatable bonds is 4. The largest absolute Gasteiger partial charge is 0.377 e. The van der Waals surface area contributed by atoms with Gasteiger partial charge < -0.3 is 10.2 Å². The Hall–Kier alpha value is -2.33. The molecule has 2 aromatic carbocycles. The van der Waals surface area contributed by atoms with Crippen molar-refractivity contribution in [2.24, 2.45) is 0 Å². The fourth-order valence-electron chi connectivity index (χ4n) is 3.06. The van der Waals surface area contributed by atoms with Crippen molar-refractivity contribution in [1.29, 1.82) is 0 Å². The predicted molar refractivity (Wildman–Crippen MR) is 102 cm³/mol. The number of benzene rings is 2. The van der Waals surface area contributed by atoms with Crippen LogP contribution >= 0.6 is 11.6 Å². The Morgan fingerprint density at radius 1 is 1.08 bits per heavy atom. The van der Waals surface area contributed by atoms with Crippen LogP contribution in [0, 0.1) is 0 Å². The van der Waals surface area contributed by atoms with Gasteiger partial charge >= 0.3 is 0 Å².